The summed E-state index contributed by atoms with van der Waals surface area (Å²) in [6, 6.07) is 7.51. The molecule has 15 nitrogen and oxygen atoms in total. The van der Waals surface area contributed by atoms with E-state index in [1.807, 2.05) is 76.8 Å². The number of nitrogens with one attached hydrogen (secondary N) is 2. The van der Waals surface area contributed by atoms with Crippen molar-refractivity contribution in [1.29, 1.82) is 0 Å². The molecule has 0 unspecified atom stereocenters. The van der Waals surface area contributed by atoms with Crippen LogP contribution in [0.5, 0.6) is 0 Å². The Morgan fingerprint density at radius 1 is 0.862 bits per heavy atom. The quantitative estimate of drug-likeness (QED) is 0.111. The molecule has 0 spiro atoms. The third-order valence-electron chi connectivity index (χ3n) is 14.6. The van der Waals surface area contributed by atoms with Crippen molar-refractivity contribution in [2.45, 2.75) is 167 Å². The Labute approximate surface area is 386 Å². The number of methoxy groups -OCH3 is 2. The molecule has 360 valence electrons. The third kappa shape index (κ3) is 12.4. The van der Waals surface area contributed by atoms with Crippen molar-refractivity contribution in [3.05, 3.63) is 48.0 Å². The summed E-state index contributed by atoms with van der Waals surface area (Å²) in [5.74, 6) is -2.47. The SMILES string of the molecule is CC[C@H](C)[C@@H]([C@@H](CC(=O)N1CCC[C@H]1[C@H](OC)[C@@H](C)C(=O)N[C@H](C)Cc1ccccc1)OC)N(C)C(=O)[C@@H](NC(=O)[C@@H]1[C@H]2CC[C@H](C2)N1C(=O)CCCCCN1C(=O)C=CC1=O)C(C)C. The van der Waals surface area contributed by atoms with Gasteiger partial charge in [-0.05, 0) is 81.6 Å². The third-order valence-corrected chi connectivity index (χ3v) is 14.6. The van der Waals surface area contributed by atoms with Gasteiger partial charge in [-0.2, -0.15) is 0 Å². The molecule has 4 aliphatic rings. The molecule has 1 aromatic carbocycles. The molecule has 3 aliphatic heterocycles. The summed E-state index contributed by atoms with van der Waals surface area (Å²) in [6.07, 6.45) is 8.70. The van der Waals surface area contributed by atoms with Crippen molar-refractivity contribution in [2.24, 2.45) is 23.7 Å². The Bertz CT molecular complexity index is 1840. The van der Waals surface area contributed by atoms with Gasteiger partial charge in [-0.15, -0.1) is 0 Å². The van der Waals surface area contributed by atoms with E-state index in [-0.39, 0.29) is 90.1 Å². The number of nitrogens with zero attached hydrogens (tertiary/aromatic N) is 4. The van der Waals surface area contributed by atoms with Gasteiger partial charge < -0.3 is 34.8 Å². The monoisotopic (exact) mass is 905 g/mol. The van der Waals surface area contributed by atoms with Crippen LogP contribution in [0, 0.1) is 23.7 Å². The molecule has 11 atom stereocenters. The largest absolute Gasteiger partial charge is 0.379 e. The number of hydrogen-bond acceptors (Lipinski definition) is 9. The molecular weight excluding hydrogens is 829 g/mol. The van der Waals surface area contributed by atoms with E-state index in [4.69, 9.17) is 9.47 Å². The first-order chi connectivity index (χ1) is 31.0. The maximum Gasteiger partial charge on any atom is 0.253 e. The van der Waals surface area contributed by atoms with Gasteiger partial charge >= 0.3 is 0 Å². The molecule has 0 radical (unpaired) electrons. The second kappa shape index (κ2) is 23.7. The minimum atomic E-state index is -0.887. The number of rotatable bonds is 24. The number of likely N-dealkylation sites (tertiary alicyclic amines) is 2. The van der Waals surface area contributed by atoms with Crippen LogP contribution in [0.1, 0.15) is 118 Å². The molecule has 3 fully saturated rings. The maximum atomic E-state index is 14.6. The highest BCUT2D eigenvalue weighted by atomic mass is 16.5. The van der Waals surface area contributed by atoms with E-state index in [0.29, 0.717) is 51.6 Å². The summed E-state index contributed by atoms with van der Waals surface area (Å²) in [5, 5.41) is 6.23. The fourth-order valence-electron chi connectivity index (χ4n) is 10.9. The topological polar surface area (TPSA) is 175 Å². The number of imide groups is 1. The minimum absolute atomic E-state index is 0.00808. The van der Waals surface area contributed by atoms with Gasteiger partial charge in [0.05, 0.1) is 36.6 Å². The number of ether oxygens (including phenoxy) is 2. The summed E-state index contributed by atoms with van der Waals surface area (Å²) < 4.78 is 12.1. The minimum Gasteiger partial charge on any atom is -0.379 e. The molecule has 1 aromatic rings. The molecule has 7 amide bonds. The smallest absolute Gasteiger partial charge is 0.253 e. The molecule has 65 heavy (non-hydrogen) atoms. The number of carbonyl (C=O) groups is 7. The van der Waals surface area contributed by atoms with Gasteiger partial charge in [-0.25, -0.2) is 0 Å². The van der Waals surface area contributed by atoms with E-state index >= 15 is 0 Å². The van der Waals surface area contributed by atoms with Crippen LogP contribution in [0.2, 0.25) is 0 Å². The first-order valence-corrected chi connectivity index (χ1v) is 24.1. The van der Waals surface area contributed by atoms with Gasteiger partial charge in [0.2, 0.25) is 29.5 Å². The lowest BCUT2D eigenvalue weighted by atomic mass is 9.89. The molecule has 3 heterocycles. The van der Waals surface area contributed by atoms with Gasteiger partial charge in [-0.3, -0.25) is 38.5 Å². The van der Waals surface area contributed by atoms with Gasteiger partial charge in [0.15, 0.2) is 0 Å². The molecule has 2 N–H and O–H groups in total. The van der Waals surface area contributed by atoms with Gasteiger partial charge in [0.1, 0.15) is 12.1 Å². The lowest BCUT2D eigenvalue weighted by molar-refractivity contribution is -0.149. The molecule has 15 heteroatoms. The van der Waals surface area contributed by atoms with E-state index in [1.54, 1.807) is 31.1 Å². The molecule has 1 saturated carbocycles. The normalized spacial score (nSPS) is 23.6. The van der Waals surface area contributed by atoms with E-state index in [9.17, 15) is 33.6 Å². The van der Waals surface area contributed by atoms with Gasteiger partial charge in [0.25, 0.3) is 11.8 Å². The average Bonchev–Trinajstić information content (AvgIpc) is 4.11. The summed E-state index contributed by atoms with van der Waals surface area (Å²) in [5.41, 5.74) is 1.13. The molecule has 5 rings (SSSR count). The van der Waals surface area contributed by atoms with Crippen LogP contribution in [0.15, 0.2) is 42.5 Å². The van der Waals surface area contributed by atoms with Crippen LogP contribution < -0.4 is 10.6 Å². The number of unbranched alkanes of at least 4 members (excludes halogenated alkanes) is 2. The highest BCUT2D eigenvalue weighted by Gasteiger charge is 2.52. The average molecular weight is 905 g/mol. The maximum absolute atomic E-state index is 14.6. The number of benzene rings is 1. The van der Waals surface area contributed by atoms with E-state index in [1.165, 1.54) is 17.1 Å². The molecular formula is C50H76N6O9. The zero-order valence-corrected chi connectivity index (χ0v) is 40.3. The van der Waals surface area contributed by atoms with Crippen molar-refractivity contribution in [2.75, 3.05) is 34.4 Å². The Morgan fingerprint density at radius 3 is 2.18 bits per heavy atom. The summed E-state index contributed by atoms with van der Waals surface area (Å²) in [6.45, 7) is 12.5. The molecule has 2 bridgehead atoms. The highest BCUT2D eigenvalue weighted by molar-refractivity contribution is 6.12. The Morgan fingerprint density at radius 2 is 1.55 bits per heavy atom. The highest BCUT2D eigenvalue weighted by Crippen LogP contribution is 2.43. The van der Waals surface area contributed by atoms with Crippen molar-refractivity contribution in [3.63, 3.8) is 0 Å². The predicted molar refractivity (Wildman–Crippen MR) is 247 cm³/mol. The van der Waals surface area contributed by atoms with Crippen LogP contribution in [-0.4, -0.2) is 144 Å². The fraction of sp³-hybridized carbons (Fsp3) is 0.700. The van der Waals surface area contributed by atoms with Crippen LogP contribution in [0.3, 0.4) is 0 Å². The molecule has 1 aliphatic carbocycles. The number of carbonyl (C=O) groups excluding carboxylic acids is 7. The Hall–Kier alpha value is -4.63. The number of likely N-dealkylation sites (N-methyl/N-ethyl adjacent to an activating group) is 1. The van der Waals surface area contributed by atoms with Crippen LogP contribution >= 0.6 is 0 Å². The standard InChI is InChI=1S/C50H76N6O9/c1-10-32(4)45(39(64-8)30-43(60)54-27-17-20-38(54)47(65-9)34(6)48(61)51-33(5)28-35-18-13-11-14-19-35)53(7)50(63)44(31(2)3)52-49(62)46-36-22-23-37(29-36)56(46)42(59)21-15-12-16-26-55-40(57)24-25-41(55)58/h11,13-14,18-19,24-25,31-34,36-39,44-47H,10,12,15-17,20-23,26-30H2,1-9H3,(H,51,61)(H,52,62)/t32-,33+,34+,36-,37+,38-,39+,44-,45-,46-,47+/m0/s1. The zero-order valence-electron chi connectivity index (χ0n) is 40.3. The van der Waals surface area contributed by atoms with Crippen molar-refractivity contribution < 1.29 is 43.0 Å². The number of hydrogen-bond donors (Lipinski definition) is 2. The van der Waals surface area contributed by atoms with Crippen molar-refractivity contribution in [3.8, 4) is 0 Å². The van der Waals surface area contributed by atoms with E-state index < -0.39 is 36.3 Å². The predicted octanol–water partition coefficient (Wildman–Crippen LogP) is 4.66. The van der Waals surface area contributed by atoms with Gasteiger partial charge in [-0.1, -0.05) is 77.8 Å². The fourth-order valence-corrected chi connectivity index (χ4v) is 10.9. The van der Waals surface area contributed by atoms with Gasteiger partial charge in [0, 0.05) is 65.0 Å². The lowest BCUT2D eigenvalue weighted by Crippen LogP contribution is -2.60. The summed E-state index contributed by atoms with van der Waals surface area (Å²) in [7, 11) is 4.86. The van der Waals surface area contributed by atoms with Crippen molar-refractivity contribution in [1.82, 2.24) is 30.2 Å². The van der Waals surface area contributed by atoms with Crippen LogP contribution in [0.4, 0.5) is 0 Å². The van der Waals surface area contributed by atoms with Crippen LogP contribution in [-0.2, 0) is 49.5 Å². The lowest BCUT2D eigenvalue weighted by Gasteiger charge is -2.41. The summed E-state index contributed by atoms with van der Waals surface area (Å²) >= 11 is 0. The van der Waals surface area contributed by atoms with E-state index in [2.05, 4.69) is 10.6 Å². The second-order valence-electron chi connectivity index (χ2n) is 19.4. The first-order valence-electron chi connectivity index (χ1n) is 24.1. The van der Waals surface area contributed by atoms with Crippen LogP contribution in [0.25, 0.3) is 0 Å². The number of piperidine rings is 1. The first kappa shape index (κ1) is 51.4. The van der Waals surface area contributed by atoms with E-state index in [0.717, 1.165) is 31.2 Å². The second-order valence-corrected chi connectivity index (χ2v) is 19.4. The number of fused-ring (bicyclic) bond motifs is 2. The zero-order chi connectivity index (χ0) is 47.5. The number of amides is 7. The molecule has 2 saturated heterocycles. The Kier molecular flexibility index (Phi) is 18.7. The Balaban J connectivity index is 1.21. The molecule has 0 aromatic heterocycles. The van der Waals surface area contributed by atoms with Crippen molar-refractivity contribution >= 4 is 41.4 Å². The summed E-state index contributed by atoms with van der Waals surface area (Å²) in [4.78, 5) is 101.